The Morgan fingerprint density at radius 3 is 2.83 bits per heavy atom. The highest BCUT2D eigenvalue weighted by Crippen LogP contribution is 2.27. The summed E-state index contributed by atoms with van der Waals surface area (Å²) in [6.07, 6.45) is 7.34. The van der Waals surface area contributed by atoms with E-state index in [0.29, 0.717) is 11.7 Å². The zero-order chi connectivity index (χ0) is 8.97. The Hall–Kier alpha value is -0.590. The van der Waals surface area contributed by atoms with Gasteiger partial charge in [-0.15, -0.1) is 0 Å². The van der Waals surface area contributed by atoms with E-state index < -0.39 is 0 Å². The molecule has 1 aliphatic rings. The maximum Gasteiger partial charge on any atom is 0.136 e. The van der Waals surface area contributed by atoms with E-state index in [9.17, 15) is 4.79 Å². The number of carbonyl (C=O) groups excluding carboxylic acids is 1. The molecule has 0 aliphatic heterocycles. The summed E-state index contributed by atoms with van der Waals surface area (Å²) in [5.41, 5.74) is 1.44. The smallest absolute Gasteiger partial charge is 0.136 e. The third-order valence-corrected chi connectivity index (χ3v) is 2.80. The SMILES string of the molecule is C/C=C(\CC)CC1CCCC1=O. The van der Waals surface area contributed by atoms with Gasteiger partial charge in [0.25, 0.3) is 0 Å². The summed E-state index contributed by atoms with van der Waals surface area (Å²) in [6, 6.07) is 0. The predicted molar refractivity (Wildman–Crippen MR) is 51.0 cm³/mol. The minimum atomic E-state index is 0.358. The summed E-state index contributed by atoms with van der Waals surface area (Å²) >= 11 is 0. The van der Waals surface area contributed by atoms with Gasteiger partial charge in [0.15, 0.2) is 0 Å². The van der Waals surface area contributed by atoms with Gasteiger partial charge in [-0.05, 0) is 32.6 Å². The Labute approximate surface area is 74.9 Å². The van der Waals surface area contributed by atoms with Crippen molar-refractivity contribution in [2.24, 2.45) is 5.92 Å². The van der Waals surface area contributed by atoms with Crippen molar-refractivity contribution in [2.75, 3.05) is 0 Å². The van der Waals surface area contributed by atoms with Crippen molar-refractivity contribution in [3.63, 3.8) is 0 Å². The van der Waals surface area contributed by atoms with Crippen LogP contribution in [0.25, 0.3) is 0 Å². The molecule has 0 bridgehead atoms. The van der Waals surface area contributed by atoms with Crippen molar-refractivity contribution in [1.82, 2.24) is 0 Å². The van der Waals surface area contributed by atoms with E-state index in [0.717, 1.165) is 32.1 Å². The third kappa shape index (κ3) is 2.20. The third-order valence-electron chi connectivity index (χ3n) is 2.80. The van der Waals surface area contributed by atoms with Gasteiger partial charge in [-0.3, -0.25) is 4.79 Å². The Morgan fingerprint density at radius 1 is 1.67 bits per heavy atom. The summed E-state index contributed by atoms with van der Waals surface area (Å²) in [5, 5.41) is 0. The molecule has 0 N–H and O–H groups in total. The topological polar surface area (TPSA) is 17.1 Å². The van der Waals surface area contributed by atoms with Crippen LogP contribution in [-0.4, -0.2) is 5.78 Å². The largest absolute Gasteiger partial charge is 0.299 e. The zero-order valence-corrected chi connectivity index (χ0v) is 8.10. The number of hydrogen-bond donors (Lipinski definition) is 0. The van der Waals surface area contributed by atoms with Crippen LogP contribution in [0.4, 0.5) is 0 Å². The molecule has 1 aliphatic carbocycles. The van der Waals surface area contributed by atoms with Crippen molar-refractivity contribution in [1.29, 1.82) is 0 Å². The van der Waals surface area contributed by atoms with Gasteiger partial charge in [0.05, 0.1) is 0 Å². The maximum atomic E-state index is 11.3. The zero-order valence-electron chi connectivity index (χ0n) is 8.10. The van der Waals surface area contributed by atoms with Gasteiger partial charge >= 0.3 is 0 Å². The van der Waals surface area contributed by atoms with Crippen LogP contribution >= 0.6 is 0 Å². The molecule has 0 heterocycles. The van der Waals surface area contributed by atoms with E-state index in [2.05, 4.69) is 19.9 Å². The van der Waals surface area contributed by atoms with Gasteiger partial charge in [-0.1, -0.05) is 18.6 Å². The quantitative estimate of drug-likeness (QED) is 0.589. The van der Waals surface area contributed by atoms with Crippen LogP contribution in [0.2, 0.25) is 0 Å². The Balaban J connectivity index is 2.44. The molecule has 0 aromatic rings. The molecule has 1 saturated carbocycles. The second kappa shape index (κ2) is 4.44. The van der Waals surface area contributed by atoms with Crippen molar-refractivity contribution < 1.29 is 4.79 Å². The highest BCUT2D eigenvalue weighted by Gasteiger charge is 2.24. The molecule has 0 radical (unpaired) electrons. The van der Waals surface area contributed by atoms with Gasteiger partial charge in [0.1, 0.15) is 5.78 Å². The average molecular weight is 166 g/mol. The van der Waals surface area contributed by atoms with Gasteiger partial charge < -0.3 is 0 Å². The maximum absolute atomic E-state index is 11.3. The van der Waals surface area contributed by atoms with Gasteiger partial charge in [0, 0.05) is 12.3 Å². The number of allylic oxidation sites excluding steroid dienone is 2. The summed E-state index contributed by atoms with van der Waals surface area (Å²) in [6.45, 7) is 4.23. The first-order chi connectivity index (χ1) is 5.77. The van der Waals surface area contributed by atoms with Crippen LogP contribution in [0, 0.1) is 5.92 Å². The molecule has 0 amide bonds. The molecule has 1 fully saturated rings. The van der Waals surface area contributed by atoms with Crippen LogP contribution < -0.4 is 0 Å². The normalized spacial score (nSPS) is 25.0. The lowest BCUT2D eigenvalue weighted by Gasteiger charge is -2.09. The van der Waals surface area contributed by atoms with E-state index >= 15 is 0 Å². The molecule has 68 valence electrons. The molecule has 0 aromatic carbocycles. The first-order valence-electron chi connectivity index (χ1n) is 4.94. The Kier molecular flexibility index (Phi) is 3.51. The minimum absolute atomic E-state index is 0.358. The number of Topliss-reactive ketones (excluding diaryl/α,β-unsaturated/α-hetero) is 1. The van der Waals surface area contributed by atoms with Crippen LogP contribution in [0.15, 0.2) is 11.6 Å². The van der Waals surface area contributed by atoms with Crippen molar-refractivity contribution in [3.05, 3.63) is 11.6 Å². The lowest BCUT2D eigenvalue weighted by Crippen LogP contribution is -2.06. The summed E-state index contributed by atoms with van der Waals surface area (Å²) in [7, 11) is 0. The average Bonchev–Trinajstić information content (AvgIpc) is 2.47. The fourth-order valence-corrected chi connectivity index (χ4v) is 1.89. The van der Waals surface area contributed by atoms with Crippen LogP contribution in [-0.2, 0) is 4.79 Å². The van der Waals surface area contributed by atoms with Gasteiger partial charge in [0.2, 0.25) is 0 Å². The molecular formula is C11H18O. The fraction of sp³-hybridized carbons (Fsp3) is 0.727. The Morgan fingerprint density at radius 2 is 2.42 bits per heavy atom. The van der Waals surface area contributed by atoms with E-state index in [4.69, 9.17) is 0 Å². The molecule has 1 nitrogen and oxygen atoms in total. The van der Waals surface area contributed by atoms with E-state index in [1.54, 1.807) is 0 Å². The first kappa shape index (κ1) is 9.50. The highest BCUT2D eigenvalue weighted by molar-refractivity contribution is 5.83. The molecule has 0 aromatic heterocycles. The minimum Gasteiger partial charge on any atom is -0.299 e. The second-order valence-electron chi connectivity index (χ2n) is 3.56. The molecule has 1 rings (SSSR count). The van der Waals surface area contributed by atoms with E-state index in [1.807, 2.05) is 0 Å². The number of carbonyl (C=O) groups is 1. The standard InChI is InChI=1S/C11H18O/c1-3-9(4-2)8-10-6-5-7-11(10)12/h3,10H,4-8H2,1-2H3/b9-3+. The lowest BCUT2D eigenvalue weighted by atomic mass is 9.96. The monoisotopic (exact) mass is 166 g/mol. The molecule has 0 saturated heterocycles. The van der Waals surface area contributed by atoms with Gasteiger partial charge in [-0.25, -0.2) is 0 Å². The lowest BCUT2D eigenvalue weighted by molar-refractivity contribution is -0.120. The molecule has 1 unspecified atom stereocenters. The summed E-state index contributed by atoms with van der Waals surface area (Å²) in [4.78, 5) is 11.3. The predicted octanol–water partition coefficient (Wildman–Crippen LogP) is 3.10. The Bertz CT molecular complexity index is 191. The van der Waals surface area contributed by atoms with Crippen LogP contribution in [0.5, 0.6) is 0 Å². The summed E-state index contributed by atoms with van der Waals surface area (Å²) < 4.78 is 0. The molecule has 1 heteroatoms. The van der Waals surface area contributed by atoms with E-state index in [-0.39, 0.29) is 0 Å². The van der Waals surface area contributed by atoms with Crippen molar-refractivity contribution in [2.45, 2.75) is 46.0 Å². The van der Waals surface area contributed by atoms with Crippen molar-refractivity contribution >= 4 is 5.78 Å². The molecule has 12 heavy (non-hydrogen) atoms. The fourth-order valence-electron chi connectivity index (χ4n) is 1.89. The molecule has 0 spiro atoms. The first-order valence-corrected chi connectivity index (χ1v) is 4.94. The highest BCUT2D eigenvalue weighted by atomic mass is 16.1. The van der Waals surface area contributed by atoms with Gasteiger partial charge in [-0.2, -0.15) is 0 Å². The molecular weight excluding hydrogens is 148 g/mol. The van der Waals surface area contributed by atoms with Crippen LogP contribution in [0.3, 0.4) is 0 Å². The second-order valence-corrected chi connectivity index (χ2v) is 3.56. The van der Waals surface area contributed by atoms with E-state index in [1.165, 1.54) is 5.57 Å². The number of hydrogen-bond acceptors (Lipinski definition) is 1. The molecule has 1 atom stereocenters. The number of ketones is 1. The van der Waals surface area contributed by atoms with Crippen molar-refractivity contribution in [3.8, 4) is 0 Å². The van der Waals surface area contributed by atoms with Crippen LogP contribution in [0.1, 0.15) is 46.0 Å². The summed E-state index contributed by atoms with van der Waals surface area (Å²) in [5.74, 6) is 0.846. The number of rotatable bonds is 3.